The lowest BCUT2D eigenvalue weighted by Crippen LogP contribution is -2.46. The predicted molar refractivity (Wildman–Crippen MR) is 56.3 cm³/mol. The smallest absolute Gasteiger partial charge is 0.308 e. The summed E-state index contributed by atoms with van der Waals surface area (Å²) in [6.45, 7) is 3.07. The summed E-state index contributed by atoms with van der Waals surface area (Å²) in [7, 11) is 1.15. The largest absolute Gasteiger partial charge is 0.469 e. The van der Waals surface area contributed by atoms with Gasteiger partial charge in [0.25, 0.3) is 0 Å². The Morgan fingerprint density at radius 1 is 1.25 bits per heavy atom. The second-order valence-corrected chi connectivity index (χ2v) is 4.46. The van der Waals surface area contributed by atoms with Gasteiger partial charge in [-0.25, -0.2) is 0 Å². The van der Waals surface area contributed by atoms with Crippen LogP contribution >= 0.6 is 0 Å². The molecule has 94 valence electrons. The lowest BCUT2D eigenvalue weighted by atomic mass is 9.88. The highest BCUT2D eigenvalue weighted by Crippen LogP contribution is 2.22. The molecule has 4 N–H and O–H groups in total. The third-order valence-corrected chi connectivity index (χ3v) is 2.27. The van der Waals surface area contributed by atoms with Gasteiger partial charge in [0.2, 0.25) is 5.91 Å². The van der Waals surface area contributed by atoms with Gasteiger partial charge in [0, 0.05) is 0 Å². The van der Waals surface area contributed by atoms with E-state index < -0.39 is 29.5 Å². The SMILES string of the molecule is COC(=O)CC(O)(CCC(C)(C)O)C(N)=O. The molecule has 0 spiro atoms. The minimum atomic E-state index is -1.97. The summed E-state index contributed by atoms with van der Waals surface area (Å²) in [6, 6.07) is 0. The lowest BCUT2D eigenvalue weighted by molar-refractivity contribution is -0.154. The van der Waals surface area contributed by atoms with Gasteiger partial charge in [-0.1, -0.05) is 0 Å². The van der Waals surface area contributed by atoms with Crippen molar-refractivity contribution in [3.8, 4) is 0 Å². The number of hydrogen-bond donors (Lipinski definition) is 3. The fraction of sp³-hybridized carbons (Fsp3) is 0.800. The van der Waals surface area contributed by atoms with Crippen molar-refractivity contribution < 1.29 is 24.5 Å². The molecular formula is C10H19NO5. The molecule has 0 aliphatic heterocycles. The van der Waals surface area contributed by atoms with E-state index in [0.717, 1.165) is 7.11 Å². The zero-order valence-corrected chi connectivity index (χ0v) is 9.82. The van der Waals surface area contributed by atoms with E-state index in [4.69, 9.17) is 5.73 Å². The van der Waals surface area contributed by atoms with Crippen molar-refractivity contribution in [3.63, 3.8) is 0 Å². The fourth-order valence-electron chi connectivity index (χ4n) is 1.12. The minimum Gasteiger partial charge on any atom is -0.469 e. The molecule has 0 rings (SSSR count). The third-order valence-electron chi connectivity index (χ3n) is 2.27. The van der Waals surface area contributed by atoms with Crippen molar-refractivity contribution in [3.05, 3.63) is 0 Å². The van der Waals surface area contributed by atoms with E-state index in [1.54, 1.807) is 0 Å². The maximum atomic E-state index is 11.1. The molecular weight excluding hydrogens is 214 g/mol. The Morgan fingerprint density at radius 3 is 2.06 bits per heavy atom. The van der Waals surface area contributed by atoms with Crippen molar-refractivity contribution >= 4 is 11.9 Å². The van der Waals surface area contributed by atoms with Gasteiger partial charge >= 0.3 is 5.97 Å². The lowest BCUT2D eigenvalue weighted by Gasteiger charge is -2.26. The molecule has 0 aromatic carbocycles. The molecule has 0 saturated carbocycles. The summed E-state index contributed by atoms with van der Waals surface area (Å²) in [4.78, 5) is 22.1. The molecule has 0 aromatic rings. The van der Waals surface area contributed by atoms with Crippen molar-refractivity contribution in [1.82, 2.24) is 0 Å². The molecule has 1 unspecified atom stereocenters. The molecule has 0 aliphatic rings. The number of methoxy groups -OCH3 is 1. The van der Waals surface area contributed by atoms with Crippen molar-refractivity contribution in [2.45, 2.75) is 44.3 Å². The van der Waals surface area contributed by atoms with E-state index in [0.29, 0.717) is 0 Å². The number of aliphatic hydroxyl groups is 2. The van der Waals surface area contributed by atoms with Gasteiger partial charge in [-0.05, 0) is 26.7 Å². The van der Waals surface area contributed by atoms with Gasteiger partial charge < -0.3 is 20.7 Å². The summed E-state index contributed by atoms with van der Waals surface area (Å²) < 4.78 is 4.36. The first-order valence-corrected chi connectivity index (χ1v) is 4.92. The average molecular weight is 233 g/mol. The van der Waals surface area contributed by atoms with Crippen LogP contribution in [-0.4, -0.2) is 40.4 Å². The van der Waals surface area contributed by atoms with Gasteiger partial charge in [0.1, 0.15) is 0 Å². The highest BCUT2D eigenvalue weighted by molar-refractivity contribution is 5.88. The second kappa shape index (κ2) is 5.27. The van der Waals surface area contributed by atoms with Crippen molar-refractivity contribution in [2.75, 3.05) is 7.11 Å². The van der Waals surface area contributed by atoms with Crippen molar-refractivity contribution in [2.24, 2.45) is 5.73 Å². The van der Waals surface area contributed by atoms with E-state index in [1.165, 1.54) is 13.8 Å². The van der Waals surface area contributed by atoms with E-state index in [9.17, 15) is 19.8 Å². The molecule has 1 atom stereocenters. The summed E-state index contributed by atoms with van der Waals surface area (Å²) in [5, 5.41) is 19.3. The maximum Gasteiger partial charge on any atom is 0.308 e. The normalized spacial score (nSPS) is 15.3. The van der Waals surface area contributed by atoms with Gasteiger partial charge in [-0.2, -0.15) is 0 Å². The highest BCUT2D eigenvalue weighted by Gasteiger charge is 2.38. The molecule has 16 heavy (non-hydrogen) atoms. The Morgan fingerprint density at radius 2 is 1.75 bits per heavy atom. The van der Waals surface area contributed by atoms with Gasteiger partial charge in [0.05, 0.1) is 19.1 Å². The topological polar surface area (TPSA) is 110 Å². The first-order chi connectivity index (χ1) is 7.10. The first-order valence-electron chi connectivity index (χ1n) is 4.92. The summed E-state index contributed by atoms with van der Waals surface area (Å²) in [6.07, 6.45) is -0.459. The van der Waals surface area contributed by atoms with Crippen LogP contribution in [0.25, 0.3) is 0 Å². The molecule has 0 fully saturated rings. The summed E-state index contributed by atoms with van der Waals surface area (Å²) >= 11 is 0. The van der Waals surface area contributed by atoms with Crippen LogP contribution in [-0.2, 0) is 14.3 Å². The molecule has 0 aromatic heterocycles. The zero-order valence-electron chi connectivity index (χ0n) is 9.82. The number of primary amides is 1. The van der Waals surface area contributed by atoms with Gasteiger partial charge in [0.15, 0.2) is 5.60 Å². The number of rotatable bonds is 6. The number of ether oxygens (including phenoxy) is 1. The minimum absolute atomic E-state index is 0.0963. The van der Waals surface area contributed by atoms with E-state index >= 15 is 0 Å². The molecule has 0 aliphatic carbocycles. The molecule has 0 radical (unpaired) electrons. The van der Waals surface area contributed by atoms with Crippen LogP contribution in [0.15, 0.2) is 0 Å². The molecule has 6 heteroatoms. The zero-order chi connectivity index (χ0) is 13.0. The second-order valence-electron chi connectivity index (χ2n) is 4.46. The van der Waals surface area contributed by atoms with Crippen LogP contribution in [0.3, 0.4) is 0 Å². The maximum absolute atomic E-state index is 11.1. The number of esters is 1. The van der Waals surface area contributed by atoms with Crippen LogP contribution in [0, 0.1) is 0 Å². The average Bonchev–Trinajstić information content (AvgIpc) is 2.13. The Labute approximate surface area is 94.4 Å². The molecule has 0 bridgehead atoms. The quantitative estimate of drug-likeness (QED) is 0.526. The predicted octanol–water partition coefficient (Wildman–Crippen LogP) is -0.683. The number of nitrogens with two attached hydrogens (primary N) is 1. The van der Waals surface area contributed by atoms with Gasteiger partial charge in [-0.15, -0.1) is 0 Å². The standard InChI is InChI=1S/C10H19NO5/c1-9(2,14)4-5-10(15,8(11)13)6-7(12)16-3/h14-15H,4-6H2,1-3H3,(H2,11,13). The van der Waals surface area contributed by atoms with Crippen LogP contribution in [0.2, 0.25) is 0 Å². The monoisotopic (exact) mass is 233 g/mol. The van der Waals surface area contributed by atoms with Gasteiger partial charge in [-0.3, -0.25) is 9.59 Å². The Bertz CT molecular complexity index is 271. The van der Waals surface area contributed by atoms with E-state index in [1.807, 2.05) is 0 Å². The molecule has 0 heterocycles. The number of carbonyl (C=O) groups excluding carboxylic acids is 2. The Hall–Kier alpha value is -1.14. The van der Waals surface area contributed by atoms with Crippen LogP contribution in [0.5, 0.6) is 0 Å². The Balaban J connectivity index is 4.58. The van der Waals surface area contributed by atoms with E-state index in [-0.39, 0.29) is 12.8 Å². The van der Waals surface area contributed by atoms with Crippen molar-refractivity contribution in [1.29, 1.82) is 0 Å². The third kappa shape index (κ3) is 5.09. The van der Waals surface area contributed by atoms with E-state index in [2.05, 4.69) is 4.74 Å². The van der Waals surface area contributed by atoms with Crippen LogP contribution in [0.1, 0.15) is 33.1 Å². The Kier molecular flexibility index (Phi) is 4.89. The molecule has 0 saturated heterocycles. The molecule has 1 amide bonds. The van der Waals surface area contributed by atoms with Crippen LogP contribution < -0.4 is 5.73 Å². The number of amides is 1. The first kappa shape index (κ1) is 14.9. The summed E-state index contributed by atoms with van der Waals surface area (Å²) in [5.41, 5.74) is 2.02. The fourth-order valence-corrected chi connectivity index (χ4v) is 1.12. The number of carbonyl (C=O) groups is 2. The summed E-state index contributed by atoms with van der Waals surface area (Å²) in [5.74, 6) is -1.72. The van der Waals surface area contributed by atoms with Crippen LogP contribution in [0.4, 0.5) is 0 Å². The highest BCUT2D eigenvalue weighted by atomic mass is 16.5. The number of hydrogen-bond acceptors (Lipinski definition) is 5. The molecule has 6 nitrogen and oxygen atoms in total.